The van der Waals surface area contributed by atoms with Crippen molar-refractivity contribution in [1.29, 1.82) is 0 Å². The summed E-state index contributed by atoms with van der Waals surface area (Å²) in [4.78, 5) is 40.8. The van der Waals surface area contributed by atoms with E-state index in [1.807, 2.05) is 0 Å². The molecule has 1 aromatic heterocycles. The molecule has 0 aromatic carbocycles. The molecule has 0 bridgehead atoms. The van der Waals surface area contributed by atoms with E-state index in [2.05, 4.69) is 15.0 Å². The number of hydrogen-bond acceptors (Lipinski definition) is 7. The maximum atomic E-state index is 11.9. The quantitative estimate of drug-likeness (QED) is 0.567. The van der Waals surface area contributed by atoms with Gasteiger partial charge in [0.2, 0.25) is 5.91 Å². The van der Waals surface area contributed by atoms with Crippen molar-refractivity contribution < 1.29 is 19.1 Å². The number of methoxy groups -OCH3 is 1. The molecular formula is C13H16N4O4. The first kappa shape index (κ1) is 14.8. The third kappa shape index (κ3) is 2.51. The zero-order valence-corrected chi connectivity index (χ0v) is 12.0. The average molecular weight is 292 g/mol. The summed E-state index contributed by atoms with van der Waals surface area (Å²) >= 11 is 0. The zero-order chi connectivity index (χ0) is 15.8. The standard InChI is InChI=1S/C13H16N4O4/c1-13(2)12(20)16-10(18)6-17(13)9-4-7(11(19)21-3)8(14)5-15-9/h4-5H,6,14H2,1-3H3,(H,16,18,20). The minimum absolute atomic E-state index is 0.0454. The van der Waals surface area contributed by atoms with E-state index in [1.165, 1.54) is 24.3 Å². The van der Waals surface area contributed by atoms with Gasteiger partial charge in [-0.1, -0.05) is 0 Å². The molecule has 2 rings (SSSR count). The maximum Gasteiger partial charge on any atom is 0.340 e. The molecule has 0 radical (unpaired) electrons. The normalized spacial score (nSPS) is 17.4. The Hall–Kier alpha value is -2.64. The summed E-state index contributed by atoms with van der Waals surface area (Å²) in [5.41, 5.74) is 5.01. The topological polar surface area (TPSA) is 115 Å². The summed E-state index contributed by atoms with van der Waals surface area (Å²) < 4.78 is 4.64. The molecule has 21 heavy (non-hydrogen) atoms. The molecule has 1 aromatic rings. The summed E-state index contributed by atoms with van der Waals surface area (Å²) in [7, 11) is 1.24. The molecule has 2 heterocycles. The van der Waals surface area contributed by atoms with Crippen LogP contribution in [-0.4, -0.2) is 42.0 Å². The Bertz CT molecular complexity index is 627. The molecule has 0 saturated carbocycles. The second kappa shape index (κ2) is 5.04. The van der Waals surface area contributed by atoms with Gasteiger partial charge in [-0.05, 0) is 19.9 Å². The summed E-state index contributed by atoms with van der Waals surface area (Å²) in [5, 5.41) is 2.27. The van der Waals surface area contributed by atoms with Crippen LogP contribution < -0.4 is 16.0 Å². The van der Waals surface area contributed by atoms with Gasteiger partial charge in [0.15, 0.2) is 0 Å². The Balaban J connectivity index is 2.47. The monoisotopic (exact) mass is 292 g/mol. The highest BCUT2D eigenvalue weighted by atomic mass is 16.5. The van der Waals surface area contributed by atoms with Crippen LogP contribution in [-0.2, 0) is 14.3 Å². The SMILES string of the molecule is COC(=O)c1cc(N2CC(=O)NC(=O)C2(C)C)ncc1N. The summed E-state index contributed by atoms with van der Waals surface area (Å²) in [5.74, 6) is -1.17. The number of esters is 1. The first-order valence-electron chi connectivity index (χ1n) is 6.23. The molecule has 2 amide bonds. The van der Waals surface area contributed by atoms with Gasteiger partial charge in [-0.25, -0.2) is 9.78 Å². The third-order valence-electron chi connectivity index (χ3n) is 3.39. The summed E-state index contributed by atoms with van der Waals surface area (Å²) in [6.45, 7) is 3.27. The Morgan fingerprint density at radius 2 is 2.14 bits per heavy atom. The van der Waals surface area contributed by atoms with Crippen LogP contribution in [0.5, 0.6) is 0 Å². The number of rotatable bonds is 2. The largest absolute Gasteiger partial charge is 0.465 e. The van der Waals surface area contributed by atoms with Crippen LogP contribution in [0.2, 0.25) is 0 Å². The van der Waals surface area contributed by atoms with Crippen LogP contribution in [0.4, 0.5) is 11.5 Å². The predicted molar refractivity (Wildman–Crippen MR) is 74.6 cm³/mol. The van der Waals surface area contributed by atoms with Crippen molar-refractivity contribution in [2.45, 2.75) is 19.4 Å². The second-order valence-corrected chi connectivity index (χ2v) is 5.14. The van der Waals surface area contributed by atoms with Gasteiger partial charge in [0.25, 0.3) is 5.91 Å². The van der Waals surface area contributed by atoms with E-state index in [1.54, 1.807) is 13.8 Å². The lowest BCUT2D eigenvalue weighted by Crippen LogP contribution is -2.64. The summed E-state index contributed by atoms with van der Waals surface area (Å²) in [6, 6.07) is 1.41. The van der Waals surface area contributed by atoms with Crippen molar-refractivity contribution in [2.75, 3.05) is 24.3 Å². The van der Waals surface area contributed by atoms with E-state index in [4.69, 9.17) is 5.73 Å². The first-order chi connectivity index (χ1) is 9.77. The van der Waals surface area contributed by atoms with Crippen molar-refractivity contribution in [3.63, 3.8) is 0 Å². The van der Waals surface area contributed by atoms with Crippen LogP contribution in [0.25, 0.3) is 0 Å². The van der Waals surface area contributed by atoms with E-state index in [-0.39, 0.29) is 17.8 Å². The van der Waals surface area contributed by atoms with Crippen LogP contribution in [0, 0.1) is 0 Å². The van der Waals surface area contributed by atoms with Gasteiger partial charge in [-0.2, -0.15) is 0 Å². The molecule has 112 valence electrons. The van der Waals surface area contributed by atoms with E-state index in [9.17, 15) is 14.4 Å². The number of anilines is 2. The molecule has 0 spiro atoms. The number of piperazine rings is 1. The average Bonchev–Trinajstić information content (AvgIpc) is 2.43. The lowest BCUT2D eigenvalue weighted by Gasteiger charge is -2.41. The number of nitrogens with zero attached hydrogens (tertiary/aromatic N) is 2. The number of carbonyl (C=O) groups excluding carboxylic acids is 3. The van der Waals surface area contributed by atoms with Gasteiger partial charge in [0.1, 0.15) is 11.4 Å². The molecule has 1 aliphatic rings. The number of imide groups is 1. The maximum absolute atomic E-state index is 11.9. The highest BCUT2D eigenvalue weighted by molar-refractivity contribution is 6.06. The number of nitrogens with one attached hydrogen (secondary N) is 1. The van der Waals surface area contributed by atoms with E-state index >= 15 is 0 Å². The Morgan fingerprint density at radius 3 is 2.76 bits per heavy atom. The van der Waals surface area contributed by atoms with Gasteiger partial charge < -0.3 is 15.4 Å². The number of nitrogens with two attached hydrogens (primary N) is 1. The van der Waals surface area contributed by atoms with Gasteiger partial charge in [0.05, 0.1) is 31.1 Å². The highest BCUT2D eigenvalue weighted by Gasteiger charge is 2.41. The van der Waals surface area contributed by atoms with Gasteiger partial charge in [-0.3, -0.25) is 14.9 Å². The zero-order valence-electron chi connectivity index (χ0n) is 12.0. The number of nitrogen functional groups attached to an aromatic ring is 1. The fourth-order valence-electron chi connectivity index (χ4n) is 2.04. The van der Waals surface area contributed by atoms with Crippen molar-refractivity contribution in [2.24, 2.45) is 0 Å². The van der Waals surface area contributed by atoms with Gasteiger partial charge in [0, 0.05) is 0 Å². The molecule has 3 N–H and O–H groups in total. The summed E-state index contributed by atoms with van der Waals surface area (Å²) in [6.07, 6.45) is 1.30. The molecular weight excluding hydrogens is 276 g/mol. The number of pyridine rings is 1. The van der Waals surface area contributed by atoms with Crippen LogP contribution in [0.1, 0.15) is 24.2 Å². The molecule has 0 unspecified atom stereocenters. The van der Waals surface area contributed by atoms with Gasteiger partial charge >= 0.3 is 5.97 Å². The van der Waals surface area contributed by atoms with Gasteiger partial charge in [-0.15, -0.1) is 0 Å². The highest BCUT2D eigenvalue weighted by Crippen LogP contribution is 2.27. The Labute approximate surface area is 121 Å². The smallest absolute Gasteiger partial charge is 0.340 e. The Kier molecular flexibility index (Phi) is 3.54. The third-order valence-corrected chi connectivity index (χ3v) is 3.39. The second-order valence-electron chi connectivity index (χ2n) is 5.14. The fourth-order valence-corrected chi connectivity index (χ4v) is 2.04. The van der Waals surface area contributed by atoms with Crippen molar-refractivity contribution in [3.05, 3.63) is 17.8 Å². The molecule has 1 saturated heterocycles. The van der Waals surface area contributed by atoms with E-state index in [0.717, 1.165) is 0 Å². The number of ether oxygens (including phenoxy) is 1. The van der Waals surface area contributed by atoms with Crippen LogP contribution in [0.15, 0.2) is 12.3 Å². The van der Waals surface area contributed by atoms with Crippen LogP contribution >= 0.6 is 0 Å². The minimum Gasteiger partial charge on any atom is -0.465 e. The first-order valence-corrected chi connectivity index (χ1v) is 6.23. The molecule has 0 aliphatic carbocycles. The number of aromatic nitrogens is 1. The fraction of sp³-hybridized carbons (Fsp3) is 0.385. The van der Waals surface area contributed by atoms with E-state index in [0.29, 0.717) is 5.82 Å². The molecule has 8 heteroatoms. The van der Waals surface area contributed by atoms with Crippen molar-refractivity contribution in [1.82, 2.24) is 10.3 Å². The lowest BCUT2D eigenvalue weighted by atomic mass is 9.98. The lowest BCUT2D eigenvalue weighted by molar-refractivity contribution is -0.135. The molecule has 1 aliphatic heterocycles. The van der Waals surface area contributed by atoms with Crippen molar-refractivity contribution in [3.8, 4) is 0 Å². The minimum atomic E-state index is -0.982. The molecule has 8 nitrogen and oxygen atoms in total. The predicted octanol–water partition coefficient (Wildman–Crippen LogP) is -0.308. The van der Waals surface area contributed by atoms with Crippen LogP contribution in [0.3, 0.4) is 0 Å². The number of carbonyl (C=O) groups is 3. The Morgan fingerprint density at radius 1 is 1.48 bits per heavy atom. The number of amides is 2. The molecule has 0 atom stereocenters. The number of hydrogen-bond donors (Lipinski definition) is 2. The van der Waals surface area contributed by atoms with E-state index < -0.39 is 23.3 Å². The molecule has 1 fully saturated rings. The van der Waals surface area contributed by atoms with Crippen molar-refractivity contribution >= 4 is 29.3 Å².